The first kappa shape index (κ1) is 23.4. The Balaban J connectivity index is -0.0000000383. The maximum Gasteiger partial charge on any atom is 1.00 e. The summed E-state index contributed by atoms with van der Waals surface area (Å²) in [6.07, 6.45) is 0. The maximum absolute atomic E-state index is 8.66. The minimum Gasteiger partial charge on any atom is -0.790 e. The van der Waals surface area contributed by atoms with Crippen LogP contribution in [-0.2, 0) is 4.57 Å². The molecule has 0 saturated carbocycles. The van der Waals surface area contributed by atoms with Crippen LogP contribution in [0.25, 0.3) is 0 Å². The van der Waals surface area contributed by atoms with Gasteiger partial charge in [-0.15, -0.1) is 10.1 Å². The third-order valence-corrected chi connectivity index (χ3v) is 0. The first-order valence-electron chi connectivity index (χ1n) is 1.31. The summed E-state index contributed by atoms with van der Waals surface area (Å²) in [5, 5.41) is 13.6. The Kier molecular flexibility index (Phi) is 26.8. The Morgan fingerprint density at radius 2 is 1.27 bits per heavy atom. The van der Waals surface area contributed by atoms with E-state index in [1.807, 2.05) is 0 Å². The number of hydrogen-bond acceptors (Lipinski definition) is 5. The van der Waals surface area contributed by atoms with Crippen molar-refractivity contribution in [2.75, 3.05) is 0 Å². The predicted molar refractivity (Wildman–Crippen MR) is 18.6 cm³/mol. The van der Waals surface area contributed by atoms with Gasteiger partial charge < -0.3 is 24.5 Å². The molecule has 0 bridgehead atoms. The fourth-order valence-corrected chi connectivity index (χ4v) is 0. The van der Waals surface area contributed by atoms with Gasteiger partial charge in [-0.3, -0.25) is 0 Å². The molecule has 11 heavy (non-hydrogen) atoms. The molecule has 0 aromatic heterocycles. The Labute approximate surface area is 147 Å². The molecule has 2 N–H and O–H groups in total. The Hall–Kier alpha value is 2.58. The third kappa shape index (κ3) is 211. The van der Waals surface area contributed by atoms with E-state index in [0.29, 0.717) is 0 Å². The number of hydrogen-bond donors (Lipinski definition) is 2. The fraction of sp³-hybridized carbons (Fsp3) is 0. The molecule has 0 fully saturated rings. The summed E-state index contributed by atoms with van der Waals surface area (Å²) in [5.74, 6) is 0. The van der Waals surface area contributed by atoms with Crippen LogP contribution in [0, 0.1) is 10.1 Å². The van der Waals surface area contributed by atoms with E-state index >= 15 is 0 Å². The summed E-state index contributed by atoms with van der Waals surface area (Å²) in [6, 6.07) is 0. The van der Waals surface area contributed by atoms with Gasteiger partial charge in [-0.1, -0.05) is 0 Å². The topological polar surface area (TPSA) is 147 Å². The fourth-order valence-electron chi connectivity index (χ4n) is 0. The molecule has 0 atom stereocenters. The van der Waals surface area contributed by atoms with Crippen LogP contribution in [0.3, 0.4) is 0 Å². The average molecular weight is 237 g/mol. The zero-order chi connectivity index (χ0) is 8.08. The molecule has 0 saturated heterocycles. The van der Waals surface area contributed by atoms with Crippen molar-refractivity contribution in [3.63, 3.8) is 0 Å². The molecular formula is H2K2NO7P. The van der Waals surface area contributed by atoms with Gasteiger partial charge in [-0.2, -0.15) is 0 Å². The Morgan fingerprint density at radius 3 is 1.27 bits per heavy atom. The van der Waals surface area contributed by atoms with Gasteiger partial charge >= 0.3 is 103 Å². The molecule has 0 aliphatic rings. The molecule has 0 heterocycles. The largest absolute Gasteiger partial charge is 1.00 e. The predicted octanol–water partition coefficient (Wildman–Crippen LogP) is -8.53. The smallest absolute Gasteiger partial charge is 0.790 e. The van der Waals surface area contributed by atoms with Crippen LogP contribution in [0.2, 0.25) is 0 Å². The van der Waals surface area contributed by atoms with Gasteiger partial charge in [0.2, 0.25) is 0 Å². The van der Waals surface area contributed by atoms with Gasteiger partial charge in [-0.25, -0.2) is 0 Å². The van der Waals surface area contributed by atoms with E-state index in [1.165, 1.54) is 0 Å². The average Bonchev–Trinajstić information content (AvgIpc) is 1.19. The molecule has 0 aliphatic heterocycles. The van der Waals surface area contributed by atoms with Gasteiger partial charge in [-0.05, 0) is 0 Å². The van der Waals surface area contributed by atoms with Gasteiger partial charge in [0.25, 0.3) is 5.09 Å². The van der Waals surface area contributed by atoms with Crippen LogP contribution in [-0.4, -0.2) is 15.2 Å². The summed E-state index contributed by atoms with van der Waals surface area (Å²) in [4.78, 5) is 32.6. The normalized spacial score (nSPS) is 7.55. The number of phosphoric acid groups is 1. The number of nitrogens with zero attached hydrogens (tertiary/aromatic N) is 1. The molecule has 0 unspecified atom stereocenters. The molecular weight excluding hydrogens is 235 g/mol. The summed E-state index contributed by atoms with van der Waals surface area (Å²) < 4.78 is 8.66. The van der Waals surface area contributed by atoms with Crippen molar-refractivity contribution in [1.82, 2.24) is 0 Å². The van der Waals surface area contributed by atoms with Crippen LogP contribution >= 0.6 is 7.82 Å². The molecule has 0 rings (SSSR count). The van der Waals surface area contributed by atoms with Crippen molar-refractivity contribution in [2.45, 2.75) is 0 Å². The van der Waals surface area contributed by atoms with Crippen molar-refractivity contribution in [3.05, 3.63) is 10.1 Å². The molecule has 0 aliphatic carbocycles. The standard InChI is InChI=1S/2K.HNO3.H3O4P/c;;2-1(3)4;1-5(2,3)4/h;;(H,2,3,4);(H3,1,2,3,4)/q2*+1;;/p-2. The Morgan fingerprint density at radius 1 is 1.27 bits per heavy atom. The van der Waals surface area contributed by atoms with Crippen LogP contribution in [0.15, 0.2) is 0 Å². The number of rotatable bonds is 0. The second-order valence-electron chi connectivity index (χ2n) is 0.706. The van der Waals surface area contributed by atoms with E-state index < -0.39 is 12.9 Å². The Bertz CT molecular complexity index is 116. The molecule has 0 aromatic carbocycles. The van der Waals surface area contributed by atoms with E-state index in [1.54, 1.807) is 0 Å². The van der Waals surface area contributed by atoms with Crippen molar-refractivity contribution >= 4 is 7.82 Å². The molecule has 8 nitrogen and oxygen atoms in total. The zero-order valence-corrected chi connectivity index (χ0v) is 13.0. The van der Waals surface area contributed by atoms with Gasteiger partial charge in [0.05, 0.1) is 7.82 Å². The summed E-state index contributed by atoms with van der Waals surface area (Å²) in [6.45, 7) is 0. The van der Waals surface area contributed by atoms with Crippen molar-refractivity contribution in [3.8, 4) is 0 Å². The van der Waals surface area contributed by atoms with Crippen LogP contribution in [0.4, 0.5) is 0 Å². The monoisotopic (exact) mass is 237 g/mol. The second-order valence-corrected chi connectivity index (χ2v) is 1.64. The van der Waals surface area contributed by atoms with Crippen LogP contribution < -0.4 is 113 Å². The molecule has 0 spiro atoms. The van der Waals surface area contributed by atoms with Crippen molar-refractivity contribution < 1.29 is 132 Å². The van der Waals surface area contributed by atoms with Crippen LogP contribution in [0.5, 0.6) is 0 Å². The third-order valence-electron chi connectivity index (χ3n) is 0. The van der Waals surface area contributed by atoms with Gasteiger partial charge in [0.1, 0.15) is 0 Å². The van der Waals surface area contributed by atoms with Crippen molar-refractivity contribution in [2.24, 2.45) is 0 Å². The minimum atomic E-state index is -5.14. The second kappa shape index (κ2) is 12.6. The SMILES string of the molecule is O=P([O-])([O-])O.O=[N+]([O-])O.[K+].[K+]. The molecule has 56 valence electrons. The first-order valence-corrected chi connectivity index (χ1v) is 2.81. The van der Waals surface area contributed by atoms with E-state index in [0.717, 1.165) is 0 Å². The molecule has 0 radical (unpaired) electrons. The van der Waals surface area contributed by atoms with Gasteiger partial charge in [0.15, 0.2) is 0 Å². The quantitative estimate of drug-likeness (QED) is 0.184. The zero-order valence-electron chi connectivity index (χ0n) is 5.83. The van der Waals surface area contributed by atoms with E-state index in [9.17, 15) is 0 Å². The van der Waals surface area contributed by atoms with Crippen molar-refractivity contribution in [1.29, 1.82) is 0 Å². The first-order chi connectivity index (χ1) is 3.73. The van der Waals surface area contributed by atoms with E-state index in [-0.39, 0.29) is 103 Å². The maximum atomic E-state index is 8.66. The molecule has 0 amide bonds. The summed E-state index contributed by atoms with van der Waals surface area (Å²) >= 11 is 0. The summed E-state index contributed by atoms with van der Waals surface area (Å²) in [5.41, 5.74) is 0. The molecule has 11 heteroatoms. The minimum absolute atomic E-state index is 0. The molecule has 0 aromatic rings. The summed E-state index contributed by atoms with van der Waals surface area (Å²) in [7, 11) is -5.14. The van der Waals surface area contributed by atoms with Crippen LogP contribution in [0.1, 0.15) is 0 Å². The van der Waals surface area contributed by atoms with Gasteiger partial charge in [0, 0.05) is 0 Å². The van der Waals surface area contributed by atoms with E-state index in [4.69, 9.17) is 34.6 Å². The van der Waals surface area contributed by atoms with E-state index in [2.05, 4.69) is 0 Å².